The van der Waals surface area contributed by atoms with E-state index in [0.29, 0.717) is 6.42 Å². The molecule has 0 radical (unpaired) electrons. The lowest BCUT2D eigenvalue weighted by molar-refractivity contribution is -0.126. The van der Waals surface area contributed by atoms with Gasteiger partial charge >= 0.3 is 0 Å². The van der Waals surface area contributed by atoms with E-state index in [-0.39, 0.29) is 12.5 Å². The Morgan fingerprint density at radius 1 is 1.64 bits per heavy atom. The highest BCUT2D eigenvalue weighted by Gasteiger charge is 2.10. The molecule has 0 spiro atoms. The molecule has 0 aliphatic rings. The number of aliphatic hydroxyl groups is 1. The standard InChI is InChI=1S/C6H12N2O3/c1-2-5(10)8-3-4(9)6(7)11/h4,9H,2-3H2,1H3,(H2,7,11)(H,8,10). The molecule has 2 amide bonds. The van der Waals surface area contributed by atoms with Crippen molar-refractivity contribution in [1.82, 2.24) is 5.32 Å². The molecule has 64 valence electrons. The van der Waals surface area contributed by atoms with Crippen LogP contribution in [0.2, 0.25) is 0 Å². The number of carbonyl (C=O) groups is 2. The van der Waals surface area contributed by atoms with Crippen LogP contribution in [0.25, 0.3) is 0 Å². The van der Waals surface area contributed by atoms with Crippen molar-refractivity contribution in [2.75, 3.05) is 6.54 Å². The lowest BCUT2D eigenvalue weighted by atomic mass is 10.3. The molecule has 0 aromatic carbocycles. The summed E-state index contributed by atoms with van der Waals surface area (Å²) < 4.78 is 0. The largest absolute Gasteiger partial charge is 0.381 e. The minimum atomic E-state index is -1.29. The summed E-state index contributed by atoms with van der Waals surface area (Å²) in [5, 5.41) is 11.1. The number of nitrogens with two attached hydrogens (primary N) is 1. The molecule has 0 fully saturated rings. The SMILES string of the molecule is CCC(=O)NCC(O)C(N)=O. The van der Waals surface area contributed by atoms with Crippen LogP contribution in [0.3, 0.4) is 0 Å². The molecule has 5 nitrogen and oxygen atoms in total. The van der Waals surface area contributed by atoms with Crippen LogP contribution in [0.5, 0.6) is 0 Å². The van der Waals surface area contributed by atoms with E-state index in [1.54, 1.807) is 6.92 Å². The molecule has 0 aliphatic heterocycles. The van der Waals surface area contributed by atoms with E-state index >= 15 is 0 Å². The Hall–Kier alpha value is -1.10. The molecule has 5 heteroatoms. The lowest BCUT2D eigenvalue weighted by Gasteiger charge is -2.06. The lowest BCUT2D eigenvalue weighted by Crippen LogP contribution is -2.39. The van der Waals surface area contributed by atoms with Crippen LogP contribution in [-0.4, -0.2) is 29.6 Å². The number of carbonyl (C=O) groups excluding carboxylic acids is 2. The van der Waals surface area contributed by atoms with Crippen LogP contribution in [0, 0.1) is 0 Å². The molecule has 4 N–H and O–H groups in total. The predicted octanol–water partition coefficient (Wildman–Crippen LogP) is -1.64. The molecule has 0 aromatic rings. The van der Waals surface area contributed by atoms with Gasteiger partial charge in [0.05, 0.1) is 6.54 Å². The van der Waals surface area contributed by atoms with Gasteiger partial charge in [0.25, 0.3) is 0 Å². The van der Waals surface area contributed by atoms with Crippen molar-refractivity contribution >= 4 is 11.8 Å². The van der Waals surface area contributed by atoms with Crippen molar-refractivity contribution in [3.8, 4) is 0 Å². The number of amides is 2. The average molecular weight is 160 g/mol. The van der Waals surface area contributed by atoms with Gasteiger partial charge in [-0.05, 0) is 0 Å². The van der Waals surface area contributed by atoms with Gasteiger partial charge in [-0.25, -0.2) is 0 Å². The second-order valence-electron chi connectivity index (χ2n) is 2.08. The zero-order chi connectivity index (χ0) is 8.85. The van der Waals surface area contributed by atoms with Gasteiger partial charge in [0.1, 0.15) is 6.10 Å². The molecule has 0 aliphatic carbocycles. The van der Waals surface area contributed by atoms with E-state index in [4.69, 9.17) is 10.8 Å². The van der Waals surface area contributed by atoms with Gasteiger partial charge < -0.3 is 16.2 Å². The van der Waals surface area contributed by atoms with Crippen LogP contribution in [-0.2, 0) is 9.59 Å². The maximum atomic E-state index is 10.6. The molecule has 0 bridgehead atoms. The van der Waals surface area contributed by atoms with Gasteiger partial charge in [-0.15, -0.1) is 0 Å². The Labute approximate surface area is 64.6 Å². The molecular weight excluding hydrogens is 148 g/mol. The number of nitrogens with one attached hydrogen (secondary N) is 1. The van der Waals surface area contributed by atoms with Gasteiger partial charge in [0.2, 0.25) is 11.8 Å². The molecule has 1 unspecified atom stereocenters. The number of rotatable bonds is 4. The van der Waals surface area contributed by atoms with E-state index in [2.05, 4.69) is 5.32 Å². The minimum Gasteiger partial charge on any atom is -0.381 e. The van der Waals surface area contributed by atoms with E-state index in [9.17, 15) is 9.59 Å². The fraction of sp³-hybridized carbons (Fsp3) is 0.667. The first-order chi connectivity index (χ1) is 5.07. The third-order valence-electron chi connectivity index (χ3n) is 1.14. The highest BCUT2D eigenvalue weighted by atomic mass is 16.3. The predicted molar refractivity (Wildman–Crippen MR) is 38.5 cm³/mol. The molecule has 0 aromatic heterocycles. The monoisotopic (exact) mass is 160 g/mol. The molecule has 11 heavy (non-hydrogen) atoms. The van der Waals surface area contributed by atoms with Gasteiger partial charge in [-0.1, -0.05) is 6.92 Å². The van der Waals surface area contributed by atoms with Crippen molar-refractivity contribution < 1.29 is 14.7 Å². The van der Waals surface area contributed by atoms with Crippen molar-refractivity contribution in [2.45, 2.75) is 19.4 Å². The first-order valence-electron chi connectivity index (χ1n) is 3.32. The smallest absolute Gasteiger partial charge is 0.248 e. The number of primary amides is 1. The third-order valence-corrected chi connectivity index (χ3v) is 1.14. The molecule has 0 saturated heterocycles. The first kappa shape index (κ1) is 9.90. The quantitative estimate of drug-likeness (QED) is 0.460. The Balaban J connectivity index is 3.54. The number of aliphatic hydroxyl groups excluding tert-OH is 1. The van der Waals surface area contributed by atoms with Crippen molar-refractivity contribution in [3.05, 3.63) is 0 Å². The summed E-state index contributed by atoms with van der Waals surface area (Å²) in [5.74, 6) is -1.05. The van der Waals surface area contributed by atoms with E-state index in [1.165, 1.54) is 0 Å². The van der Waals surface area contributed by atoms with Crippen LogP contribution in [0.1, 0.15) is 13.3 Å². The van der Waals surface area contributed by atoms with Gasteiger partial charge in [-0.3, -0.25) is 9.59 Å². The average Bonchev–Trinajstić information content (AvgIpc) is 1.99. The summed E-state index contributed by atoms with van der Waals surface area (Å²) >= 11 is 0. The highest BCUT2D eigenvalue weighted by Crippen LogP contribution is 1.79. The fourth-order valence-electron chi connectivity index (χ4n) is 0.436. The zero-order valence-corrected chi connectivity index (χ0v) is 6.33. The Bertz CT molecular complexity index is 158. The summed E-state index contributed by atoms with van der Waals surface area (Å²) in [6, 6.07) is 0. The topological polar surface area (TPSA) is 92.4 Å². The Morgan fingerprint density at radius 2 is 2.18 bits per heavy atom. The number of hydrogen-bond acceptors (Lipinski definition) is 3. The Morgan fingerprint density at radius 3 is 2.55 bits per heavy atom. The maximum absolute atomic E-state index is 10.6. The van der Waals surface area contributed by atoms with Crippen molar-refractivity contribution in [3.63, 3.8) is 0 Å². The van der Waals surface area contributed by atoms with Crippen molar-refractivity contribution in [1.29, 1.82) is 0 Å². The maximum Gasteiger partial charge on any atom is 0.248 e. The van der Waals surface area contributed by atoms with Crippen LogP contribution in [0.15, 0.2) is 0 Å². The van der Waals surface area contributed by atoms with Gasteiger partial charge in [0.15, 0.2) is 0 Å². The molecule has 0 rings (SSSR count). The Kier molecular flexibility index (Phi) is 4.21. The summed E-state index contributed by atoms with van der Waals surface area (Å²) in [4.78, 5) is 20.8. The highest BCUT2D eigenvalue weighted by molar-refractivity contribution is 5.80. The molecule has 0 heterocycles. The third kappa shape index (κ3) is 4.32. The van der Waals surface area contributed by atoms with E-state index < -0.39 is 12.0 Å². The van der Waals surface area contributed by atoms with Crippen LogP contribution < -0.4 is 11.1 Å². The molecule has 1 atom stereocenters. The summed E-state index contributed by atoms with van der Waals surface area (Å²) in [5.41, 5.74) is 4.72. The first-order valence-corrected chi connectivity index (χ1v) is 3.32. The fourth-order valence-corrected chi connectivity index (χ4v) is 0.436. The summed E-state index contributed by atoms with van der Waals surface area (Å²) in [6.07, 6.45) is -0.962. The summed E-state index contributed by atoms with van der Waals surface area (Å²) in [6.45, 7) is 1.56. The van der Waals surface area contributed by atoms with E-state index in [0.717, 1.165) is 0 Å². The number of hydrogen-bond donors (Lipinski definition) is 3. The summed E-state index contributed by atoms with van der Waals surface area (Å²) in [7, 11) is 0. The van der Waals surface area contributed by atoms with Crippen LogP contribution >= 0.6 is 0 Å². The minimum absolute atomic E-state index is 0.109. The van der Waals surface area contributed by atoms with Gasteiger partial charge in [0, 0.05) is 6.42 Å². The van der Waals surface area contributed by atoms with Gasteiger partial charge in [-0.2, -0.15) is 0 Å². The molecule has 0 saturated carbocycles. The van der Waals surface area contributed by atoms with Crippen LogP contribution in [0.4, 0.5) is 0 Å². The van der Waals surface area contributed by atoms with E-state index in [1.807, 2.05) is 0 Å². The molecular formula is C6H12N2O3. The second-order valence-corrected chi connectivity index (χ2v) is 2.08. The van der Waals surface area contributed by atoms with Crippen molar-refractivity contribution in [2.24, 2.45) is 5.73 Å². The zero-order valence-electron chi connectivity index (χ0n) is 6.33. The second kappa shape index (κ2) is 4.68. The normalized spacial score (nSPS) is 12.2.